The van der Waals surface area contributed by atoms with Crippen molar-refractivity contribution in [1.29, 1.82) is 0 Å². The van der Waals surface area contributed by atoms with Gasteiger partial charge in [0.15, 0.2) is 0 Å². The highest BCUT2D eigenvalue weighted by atomic mass is 35.5. The molecule has 1 aliphatic rings. The van der Waals surface area contributed by atoms with Crippen LogP contribution in [0.1, 0.15) is 12.0 Å². The molecule has 0 heterocycles. The molecule has 2 N–H and O–H groups in total. The van der Waals surface area contributed by atoms with Crippen molar-refractivity contribution in [2.45, 2.75) is 12.8 Å². The normalized spacial score (nSPS) is 17.9. The van der Waals surface area contributed by atoms with Gasteiger partial charge in [-0.05, 0) is 42.7 Å². The fraction of sp³-hybridized carbons (Fsp3) is 0.300. The summed E-state index contributed by atoms with van der Waals surface area (Å²) in [5.74, 6) is -0.870. The number of amides is 2. The lowest BCUT2D eigenvalue weighted by atomic mass is 10.1. The molecule has 0 spiro atoms. The van der Waals surface area contributed by atoms with Crippen LogP contribution in [-0.4, -0.2) is 25.5 Å². The van der Waals surface area contributed by atoms with Gasteiger partial charge in [-0.25, -0.2) is 4.39 Å². The SMILES string of the molecule is COc1ccccc1CCNC(=O)C1CC1C(=O)Nc1ccc(F)c(Cl)c1. The van der Waals surface area contributed by atoms with Gasteiger partial charge < -0.3 is 15.4 Å². The van der Waals surface area contributed by atoms with E-state index in [0.717, 1.165) is 11.3 Å². The molecule has 5 nitrogen and oxygen atoms in total. The van der Waals surface area contributed by atoms with E-state index < -0.39 is 5.82 Å². The molecule has 0 saturated heterocycles. The first-order valence-electron chi connectivity index (χ1n) is 8.65. The van der Waals surface area contributed by atoms with Crippen LogP contribution in [0.4, 0.5) is 10.1 Å². The molecule has 0 aromatic heterocycles. The second-order valence-corrected chi connectivity index (χ2v) is 6.83. The van der Waals surface area contributed by atoms with Gasteiger partial charge in [-0.15, -0.1) is 0 Å². The van der Waals surface area contributed by atoms with Crippen LogP contribution < -0.4 is 15.4 Å². The van der Waals surface area contributed by atoms with Crippen molar-refractivity contribution in [2.24, 2.45) is 11.8 Å². The highest BCUT2D eigenvalue weighted by molar-refractivity contribution is 6.31. The number of carbonyl (C=O) groups excluding carboxylic acids is 2. The number of anilines is 1. The predicted octanol–water partition coefficient (Wildman–Crippen LogP) is 3.42. The lowest BCUT2D eigenvalue weighted by Crippen LogP contribution is -2.29. The van der Waals surface area contributed by atoms with Gasteiger partial charge in [-0.2, -0.15) is 0 Å². The highest BCUT2D eigenvalue weighted by Crippen LogP contribution is 2.39. The first-order chi connectivity index (χ1) is 13.0. The summed E-state index contributed by atoms with van der Waals surface area (Å²) in [4.78, 5) is 24.4. The summed E-state index contributed by atoms with van der Waals surface area (Å²) < 4.78 is 18.4. The standard InChI is InChI=1S/C20H20ClFN2O3/c1-27-18-5-3-2-4-12(18)8-9-23-19(25)14-11-15(14)20(26)24-13-6-7-17(22)16(21)10-13/h2-7,10,14-15H,8-9,11H2,1H3,(H,23,25)(H,24,26). The van der Waals surface area contributed by atoms with Crippen molar-refractivity contribution in [3.63, 3.8) is 0 Å². The topological polar surface area (TPSA) is 67.4 Å². The molecular weight excluding hydrogens is 371 g/mol. The van der Waals surface area contributed by atoms with E-state index in [1.54, 1.807) is 7.11 Å². The van der Waals surface area contributed by atoms with Crippen LogP contribution in [-0.2, 0) is 16.0 Å². The molecule has 27 heavy (non-hydrogen) atoms. The van der Waals surface area contributed by atoms with Crippen LogP contribution in [0.5, 0.6) is 5.75 Å². The number of carbonyl (C=O) groups is 2. The van der Waals surface area contributed by atoms with Gasteiger partial charge in [0.05, 0.1) is 24.0 Å². The molecule has 2 unspecified atom stereocenters. The monoisotopic (exact) mass is 390 g/mol. The summed E-state index contributed by atoms with van der Waals surface area (Å²) >= 11 is 5.70. The number of hydrogen-bond acceptors (Lipinski definition) is 3. The molecule has 0 aliphatic heterocycles. The summed E-state index contributed by atoms with van der Waals surface area (Å²) in [7, 11) is 1.61. The fourth-order valence-corrected chi connectivity index (χ4v) is 3.12. The average Bonchev–Trinajstić information content (AvgIpc) is 3.46. The number of benzene rings is 2. The largest absolute Gasteiger partial charge is 0.496 e. The maximum Gasteiger partial charge on any atom is 0.228 e. The molecule has 1 aliphatic carbocycles. The molecule has 0 bridgehead atoms. The lowest BCUT2D eigenvalue weighted by Gasteiger charge is -2.09. The van der Waals surface area contributed by atoms with Gasteiger partial charge in [0, 0.05) is 12.2 Å². The summed E-state index contributed by atoms with van der Waals surface area (Å²) in [5.41, 5.74) is 1.42. The number of halogens is 2. The summed E-state index contributed by atoms with van der Waals surface area (Å²) in [6, 6.07) is 11.6. The first kappa shape index (κ1) is 19.2. The Labute approximate surface area is 161 Å². The van der Waals surface area contributed by atoms with E-state index in [9.17, 15) is 14.0 Å². The van der Waals surface area contributed by atoms with Crippen molar-refractivity contribution in [3.05, 3.63) is 58.9 Å². The summed E-state index contributed by atoms with van der Waals surface area (Å²) in [6.07, 6.45) is 1.15. The Bertz CT molecular complexity index is 859. The minimum absolute atomic E-state index is 0.0609. The van der Waals surface area contributed by atoms with E-state index >= 15 is 0 Å². The third-order valence-corrected chi connectivity index (χ3v) is 4.83. The van der Waals surface area contributed by atoms with Gasteiger partial charge in [0.2, 0.25) is 11.8 Å². The van der Waals surface area contributed by atoms with Crippen molar-refractivity contribution in [3.8, 4) is 5.75 Å². The predicted molar refractivity (Wildman–Crippen MR) is 101 cm³/mol. The molecular formula is C20H20ClFN2O3. The van der Waals surface area contributed by atoms with E-state index in [4.69, 9.17) is 16.3 Å². The Morgan fingerprint density at radius 1 is 1.19 bits per heavy atom. The number of hydrogen-bond donors (Lipinski definition) is 2. The summed E-state index contributed by atoms with van der Waals surface area (Å²) in [6.45, 7) is 0.470. The number of ether oxygens (including phenoxy) is 1. The number of methoxy groups -OCH3 is 1. The fourth-order valence-electron chi connectivity index (χ4n) is 2.94. The molecule has 2 amide bonds. The van der Waals surface area contributed by atoms with Crippen LogP contribution in [0.25, 0.3) is 0 Å². The number of nitrogens with one attached hydrogen (secondary N) is 2. The quantitative estimate of drug-likeness (QED) is 0.761. The van der Waals surface area contributed by atoms with Crippen LogP contribution in [0.3, 0.4) is 0 Å². The zero-order valence-electron chi connectivity index (χ0n) is 14.8. The van der Waals surface area contributed by atoms with E-state index in [1.165, 1.54) is 18.2 Å². The van der Waals surface area contributed by atoms with E-state index in [2.05, 4.69) is 10.6 Å². The van der Waals surface area contributed by atoms with E-state index in [-0.39, 0.29) is 28.7 Å². The van der Waals surface area contributed by atoms with E-state index in [0.29, 0.717) is 25.1 Å². The average molecular weight is 391 g/mol. The summed E-state index contributed by atoms with van der Waals surface area (Å²) in [5, 5.41) is 5.47. The molecule has 0 radical (unpaired) electrons. The van der Waals surface area contributed by atoms with Gasteiger partial charge in [0.25, 0.3) is 0 Å². The zero-order valence-corrected chi connectivity index (χ0v) is 15.6. The van der Waals surface area contributed by atoms with Gasteiger partial charge in [-0.1, -0.05) is 29.8 Å². The number of rotatable bonds is 7. The molecule has 2 aromatic carbocycles. The molecule has 142 valence electrons. The second-order valence-electron chi connectivity index (χ2n) is 6.42. The van der Waals surface area contributed by atoms with Crippen LogP contribution in [0.15, 0.2) is 42.5 Å². The van der Waals surface area contributed by atoms with Crippen molar-refractivity contribution >= 4 is 29.1 Å². The smallest absolute Gasteiger partial charge is 0.228 e. The third-order valence-electron chi connectivity index (χ3n) is 4.54. The minimum Gasteiger partial charge on any atom is -0.496 e. The Morgan fingerprint density at radius 2 is 1.93 bits per heavy atom. The molecule has 7 heteroatoms. The minimum atomic E-state index is -0.548. The second kappa shape index (κ2) is 8.39. The van der Waals surface area contributed by atoms with Gasteiger partial charge >= 0.3 is 0 Å². The Kier molecular flexibility index (Phi) is 5.96. The maximum absolute atomic E-state index is 13.2. The molecule has 2 aromatic rings. The third kappa shape index (κ3) is 4.77. The molecule has 3 rings (SSSR count). The molecule has 1 fully saturated rings. The van der Waals surface area contributed by atoms with Crippen molar-refractivity contribution < 1.29 is 18.7 Å². The molecule has 2 atom stereocenters. The van der Waals surface area contributed by atoms with Gasteiger partial charge in [-0.3, -0.25) is 9.59 Å². The van der Waals surface area contributed by atoms with Gasteiger partial charge in [0.1, 0.15) is 11.6 Å². The maximum atomic E-state index is 13.2. The zero-order chi connectivity index (χ0) is 19.4. The number of para-hydroxylation sites is 1. The Hall–Kier alpha value is -2.60. The van der Waals surface area contributed by atoms with Crippen LogP contribution in [0, 0.1) is 17.7 Å². The van der Waals surface area contributed by atoms with Crippen LogP contribution in [0.2, 0.25) is 5.02 Å². The highest BCUT2D eigenvalue weighted by Gasteiger charge is 2.47. The van der Waals surface area contributed by atoms with E-state index in [1.807, 2.05) is 24.3 Å². The Balaban J connectivity index is 1.45. The van der Waals surface area contributed by atoms with Crippen molar-refractivity contribution in [1.82, 2.24) is 5.32 Å². The van der Waals surface area contributed by atoms with Crippen molar-refractivity contribution in [2.75, 3.05) is 19.0 Å². The lowest BCUT2D eigenvalue weighted by molar-refractivity contribution is -0.125. The Morgan fingerprint density at radius 3 is 2.67 bits per heavy atom. The first-order valence-corrected chi connectivity index (χ1v) is 9.03. The van der Waals surface area contributed by atoms with Crippen LogP contribution >= 0.6 is 11.6 Å². The molecule has 1 saturated carbocycles.